The van der Waals surface area contributed by atoms with Crippen LogP contribution < -0.4 is 0 Å². The molecule has 1 heterocycles. The Morgan fingerprint density at radius 2 is 2.44 bits per heavy atom. The van der Waals surface area contributed by atoms with Crippen molar-refractivity contribution in [3.63, 3.8) is 0 Å². The Morgan fingerprint density at radius 3 is 3.11 bits per heavy atom. The molecule has 1 aromatic heterocycles. The summed E-state index contributed by atoms with van der Waals surface area (Å²) in [6, 6.07) is -1.02. The summed E-state index contributed by atoms with van der Waals surface area (Å²) in [6.07, 6.45) is 0. The van der Waals surface area contributed by atoms with Gasteiger partial charge in [0.1, 0.15) is 5.75 Å². The van der Waals surface area contributed by atoms with Gasteiger partial charge in [-0.3, -0.25) is 0 Å². The van der Waals surface area contributed by atoms with Crippen molar-refractivity contribution in [2.45, 2.75) is 6.92 Å². The number of aromatic nitrogens is 1. The second kappa shape index (κ2) is 2.01. The van der Waals surface area contributed by atoms with Crippen LogP contribution in [0.4, 0.5) is 4.39 Å². The third kappa shape index (κ3) is 1.38. The molecule has 2 nitrogen and oxygen atoms in total. The summed E-state index contributed by atoms with van der Waals surface area (Å²) >= 11 is 0. The van der Waals surface area contributed by atoms with Crippen LogP contribution in [0.2, 0.25) is 0 Å². The first-order chi connectivity index (χ1) is 5.04. The van der Waals surface area contributed by atoms with E-state index in [0.717, 1.165) is 0 Å². The molecule has 9 heavy (non-hydrogen) atoms. The van der Waals surface area contributed by atoms with Gasteiger partial charge in [-0.1, -0.05) is 0 Å². The summed E-state index contributed by atoms with van der Waals surface area (Å²) in [5, 5.41) is 8.91. The van der Waals surface area contributed by atoms with Gasteiger partial charge in [0.2, 0.25) is 5.95 Å². The fourth-order valence-electron chi connectivity index (χ4n) is 0.503. The van der Waals surface area contributed by atoms with Crippen LogP contribution in [0.3, 0.4) is 0 Å². The number of nitrogens with zero attached hydrogens (tertiary/aromatic N) is 1. The molecular formula is C6H6FNO. The van der Waals surface area contributed by atoms with Crippen LogP contribution in [-0.2, 0) is 0 Å². The van der Waals surface area contributed by atoms with Crippen LogP contribution in [0.1, 0.15) is 8.44 Å². The molecule has 1 aromatic rings. The van der Waals surface area contributed by atoms with E-state index >= 15 is 0 Å². The van der Waals surface area contributed by atoms with E-state index in [0.29, 0.717) is 0 Å². The molecule has 0 aliphatic rings. The van der Waals surface area contributed by atoms with Gasteiger partial charge in [-0.05, 0) is 6.92 Å². The molecule has 0 bridgehead atoms. The van der Waals surface area contributed by atoms with Gasteiger partial charge in [0, 0.05) is 17.8 Å². The normalized spacial score (nSPS) is 12.7. The molecule has 0 atom stereocenters. The van der Waals surface area contributed by atoms with Crippen molar-refractivity contribution in [2.75, 3.05) is 0 Å². The zero-order valence-corrected chi connectivity index (χ0v) is 4.77. The van der Waals surface area contributed by atoms with Gasteiger partial charge in [0.05, 0.1) is 2.74 Å². The van der Waals surface area contributed by atoms with Crippen molar-refractivity contribution in [2.24, 2.45) is 0 Å². The first-order valence-corrected chi connectivity index (χ1v) is 2.36. The number of pyridine rings is 1. The number of aryl methyl sites for hydroxylation is 1. The summed E-state index contributed by atoms with van der Waals surface area (Å²) in [5.74, 6) is -1.70. The second-order valence-corrected chi connectivity index (χ2v) is 1.59. The summed E-state index contributed by atoms with van der Waals surface area (Å²) in [7, 11) is 0. The minimum Gasteiger partial charge on any atom is -0.508 e. The van der Waals surface area contributed by atoms with Gasteiger partial charge < -0.3 is 5.11 Å². The van der Waals surface area contributed by atoms with Crippen molar-refractivity contribution in [1.29, 1.82) is 0 Å². The topological polar surface area (TPSA) is 33.1 Å². The van der Waals surface area contributed by atoms with E-state index in [1.807, 2.05) is 0 Å². The zero-order valence-electron chi connectivity index (χ0n) is 6.77. The maximum atomic E-state index is 12.5. The number of hydrogen-bond acceptors (Lipinski definition) is 2. The van der Waals surface area contributed by atoms with E-state index in [-0.39, 0.29) is 11.7 Å². The summed E-state index contributed by atoms with van der Waals surface area (Å²) in [6.45, 7) is 1.39. The molecule has 0 aliphatic heterocycles. The average Bonchev–Trinajstić information content (AvgIpc) is 1.97. The lowest BCUT2D eigenvalue weighted by Crippen LogP contribution is -1.84. The quantitative estimate of drug-likeness (QED) is 0.534. The number of aromatic hydroxyl groups is 1. The maximum Gasteiger partial charge on any atom is 0.216 e. The van der Waals surface area contributed by atoms with Crippen LogP contribution in [0.15, 0.2) is 12.1 Å². The summed E-state index contributed by atoms with van der Waals surface area (Å²) in [5.41, 5.74) is 0.0796. The van der Waals surface area contributed by atoms with Crippen LogP contribution in [0.5, 0.6) is 5.75 Å². The Kier molecular flexibility index (Phi) is 0.853. The average molecular weight is 129 g/mol. The summed E-state index contributed by atoms with van der Waals surface area (Å²) in [4.78, 5) is 3.23. The lowest BCUT2D eigenvalue weighted by atomic mass is 10.4. The molecular weight excluding hydrogens is 121 g/mol. The lowest BCUT2D eigenvalue weighted by molar-refractivity contribution is 0.463. The Hall–Kier alpha value is -1.12. The molecule has 1 rings (SSSR count). The van der Waals surface area contributed by atoms with Gasteiger partial charge in [-0.15, -0.1) is 0 Å². The molecule has 0 radical (unpaired) electrons. The van der Waals surface area contributed by atoms with Crippen LogP contribution in [0.25, 0.3) is 0 Å². The maximum absolute atomic E-state index is 12.5. The first-order valence-electron chi connectivity index (χ1n) is 3.36. The highest BCUT2D eigenvalue weighted by Crippen LogP contribution is 2.09. The molecule has 3 heteroatoms. The lowest BCUT2D eigenvalue weighted by Gasteiger charge is -1.92. The highest BCUT2D eigenvalue weighted by atomic mass is 19.1. The molecule has 0 saturated heterocycles. The Labute approximate surface area is 54.8 Å². The third-order valence-electron chi connectivity index (χ3n) is 0.787. The molecule has 0 spiro atoms. The Morgan fingerprint density at radius 1 is 1.78 bits per heavy atom. The molecule has 48 valence electrons. The monoisotopic (exact) mass is 129 g/mol. The van der Waals surface area contributed by atoms with Gasteiger partial charge in [0.25, 0.3) is 0 Å². The van der Waals surface area contributed by atoms with Gasteiger partial charge in [0.15, 0.2) is 0 Å². The number of halogens is 1. The predicted octanol–water partition coefficient (Wildman–Crippen LogP) is 1.23. The minimum atomic E-state index is -1.05. The third-order valence-corrected chi connectivity index (χ3v) is 0.787. The Balaban J connectivity index is 3.46. The van der Waals surface area contributed by atoms with Crippen molar-refractivity contribution in [3.05, 3.63) is 23.7 Å². The second-order valence-electron chi connectivity index (χ2n) is 1.59. The Bertz CT molecular complexity index is 277. The van der Waals surface area contributed by atoms with Crippen molar-refractivity contribution in [3.8, 4) is 5.75 Å². The predicted molar refractivity (Wildman–Crippen MR) is 30.6 cm³/mol. The molecule has 0 aliphatic carbocycles. The molecule has 0 unspecified atom stereocenters. The van der Waals surface area contributed by atoms with Crippen LogP contribution in [0, 0.1) is 12.9 Å². The minimum absolute atomic E-state index is 0.0796. The molecule has 1 N–H and O–H groups in total. The van der Waals surface area contributed by atoms with Gasteiger partial charge in [-0.2, -0.15) is 4.39 Å². The van der Waals surface area contributed by atoms with E-state index in [9.17, 15) is 4.39 Å². The molecule has 0 amide bonds. The zero-order chi connectivity index (χ0) is 8.59. The standard InChI is InChI=1S/C6H6FNO/c1-4-2-5(9)3-6(7)8-4/h2-3H,1H3,(H,8,9)/i2D,3D. The molecule has 0 fully saturated rings. The SMILES string of the molecule is [2H]c1c(C)nc(F)c([2H])c1O. The number of rotatable bonds is 0. The molecule has 0 aromatic carbocycles. The van der Waals surface area contributed by atoms with E-state index in [1.54, 1.807) is 0 Å². The van der Waals surface area contributed by atoms with Gasteiger partial charge >= 0.3 is 0 Å². The van der Waals surface area contributed by atoms with E-state index in [2.05, 4.69) is 4.98 Å². The highest BCUT2D eigenvalue weighted by Gasteiger charge is 1.94. The van der Waals surface area contributed by atoms with E-state index < -0.39 is 17.7 Å². The smallest absolute Gasteiger partial charge is 0.216 e. The number of hydrogen-bond donors (Lipinski definition) is 1. The molecule has 0 saturated carbocycles. The van der Waals surface area contributed by atoms with Crippen molar-refractivity contribution >= 4 is 0 Å². The van der Waals surface area contributed by atoms with Crippen LogP contribution in [-0.4, -0.2) is 10.1 Å². The van der Waals surface area contributed by atoms with E-state index in [1.165, 1.54) is 6.92 Å². The van der Waals surface area contributed by atoms with Crippen molar-refractivity contribution in [1.82, 2.24) is 4.98 Å². The highest BCUT2D eigenvalue weighted by molar-refractivity contribution is 5.20. The first kappa shape index (κ1) is 3.82. The fourth-order valence-corrected chi connectivity index (χ4v) is 0.503. The van der Waals surface area contributed by atoms with E-state index in [4.69, 9.17) is 7.85 Å². The largest absolute Gasteiger partial charge is 0.508 e. The van der Waals surface area contributed by atoms with Crippen LogP contribution >= 0.6 is 0 Å². The van der Waals surface area contributed by atoms with Crippen molar-refractivity contribution < 1.29 is 12.2 Å². The fraction of sp³-hybridized carbons (Fsp3) is 0.167. The van der Waals surface area contributed by atoms with Gasteiger partial charge in [-0.25, -0.2) is 4.98 Å². The summed E-state index contributed by atoms with van der Waals surface area (Å²) < 4.78 is 26.4.